The van der Waals surface area contributed by atoms with Crippen molar-refractivity contribution in [2.45, 2.75) is 32.4 Å². The molecule has 4 heteroatoms. The van der Waals surface area contributed by atoms with Crippen LogP contribution in [0.1, 0.15) is 31.9 Å². The molecule has 1 atom stereocenters. The summed E-state index contributed by atoms with van der Waals surface area (Å²) >= 11 is 0. The fraction of sp³-hybridized carbons (Fsp3) is 0.462. The molecule has 0 amide bonds. The monoisotopic (exact) mass is 253 g/mol. The van der Waals surface area contributed by atoms with E-state index in [0.29, 0.717) is 0 Å². The summed E-state index contributed by atoms with van der Waals surface area (Å²) in [6, 6.07) is 5.72. The third kappa shape index (κ3) is 3.66. The minimum atomic E-state index is -1.23. The number of hydrogen-bond donors (Lipinski definition) is 0. The van der Waals surface area contributed by atoms with Gasteiger partial charge in [-0.1, -0.05) is 12.1 Å². The average molecular weight is 253 g/mol. The highest BCUT2D eigenvalue weighted by Gasteiger charge is 2.18. The first-order valence-electron chi connectivity index (χ1n) is 5.46. The lowest BCUT2D eigenvalue weighted by Crippen LogP contribution is -2.19. The normalized spacial score (nSPS) is 13.9. The maximum absolute atomic E-state index is 11.8. The van der Waals surface area contributed by atoms with Crippen molar-refractivity contribution in [3.05, 3.63) is 29.3 Å². The van der Waals surface area contributed by atoms with Gasteiger partial charge in [-0.25, -0.2) is 4.21 Å². The van der Waals surface area contributed by atoms with Gasteiger partial charge in [0, 0.05) is 11.8 Å². The number of nitrogens with zero attached hydrogens (tertiary/aromatic N) is 1. The van der Waals surface area contributed by atoms with Crippen LogP contribution < -0.4 is 4.74 Å². The number of ether oxygens (including phenoxy) is 1. The van der Waals surface area contributed by atoms with Gasteiger partial charge in [0.05, 0.1) is 11.9 Å². The van der Waals surface area contributed by atoms with Crippen LogP contribution in [0, 0.1) is 6.92 Å². The van der Waals surface area contributed by atoms with E-state index in [2.05, 4.69) is 4.40 Å². The second-order valence-electron chi connectivity index (χ2n) is 4.77. The van der Waals surface area contributed by atoms with Crippen LogP contribution >= 0.6 is 0 Å². The molecule has 0 heterocycles. The molecular formula is C13H19NO2S. The summed E-state index contributed by atoms with van der Waals surface area (Å²) in [7, 11) is 0.409. The summed E-state index contributed by atoms with van der Waals surface area (Å²) in [5.74, 6) is 0.815. The van der Waals surface area contributed by atoms with Crippen molar-refractivity contribution in [1.82, 2.24) is 0 Å². The molecule has 0 aliphatic rings. The Morgan fingerprint density at radius 1 is 1.35 bits per heavy atom. The number of rotatable bonds is 3. The maximum Gasteiger partial charge on any atom is 0.144 e. The highest BCUT2D eigenvalue weighted by Crippen LogP contribution is 2.20. The first kappa shape index (κ1) is 13.9. The summed E-state index contributed by atoms with van der Waals surface area (Å²) in [4.78, 5) is 0. The quantitative estimate of drug-likeness (QED) is 0.777. The molecule has 0 aliphatic heterocycles. The van der Waals surface area contributed by atoms with Gasteiger partial charge in [0.15, 0.2) is 0 Å². The third-order valence-corrected chi connectivity index (χ3v) is 3.70. The lowest BCUT2D eigenvalue weighted by atomic mass is 10.1. The fourth-order valence-electron chi connectivity index (χ4n) is 1.26. The first-order valence-corrected chi connectivity index (χ1v) is 6.56. The Kier molecular flexibility index (Phi) is 4.46. The smallest absolute Gasteiger partial charge is 0.144 e. The highest BCUT2D eigenvalue weighted by molar-refractivity contribution is 7.85. The third-order valence-electron chi connectivity index (χ3n) is 2.36. The van der Waals surface area contributed by atoms with Crippen molar-refractivity contribution in [3.8, 4) is 5.75 Å². The van der Waals surface area contributed by atoms with Gasteiger partial charge in [-0.15, -0.1) is 0 Å². The van der Waals surface area contributed by atoms with Crippen LogP contribution in [-0.2, 0) is 11.0 Å². The molecule has 0 bridgehead atoms. The lowest BCUT2D eigenvalue weighted by molar-refractivity contribution is 0.411. The van der Waals surface area contributed by atoms with Gasteiger partial charge in [0.25, 0.3) is 0 Å². The van der Waals surface area contributed by atoms with E-state index in [1.54, 1.807) is 13.3 Å². The molecule has 0 radical (unpaired) electrons. The summed E-state index contributed by atoms with van der Waals surface area (Å²) in [5.41, 5.74) is 1.94. The van der Waals surface area contributed by atoms with Crippen LogP contribution in [0.5, 0.6) is 5.75 Å². The van der Waals surface area contributed by atoms with Gasteiger partial charge < -0.3 is 4.74 Å². The molecule has 0 saturated carbocycles. The Balaban J connectivity index is 2.97. The Morgan fingerprint density at radius 2 is 2.00 bits per heavy atom. The Bertz CT molecular complexity index is 447. The van der Waals surface area contributed by atoms with Gasteiger partial charge in [0.2, 0.25) is 0 Å². The van der Waals surface area contributed by atoms with Crippen LogP contribution in [0.15, 0.2) is 22.6 Å². The molecule has 0 unspecified atom stereocenters. The van der Waals surface area contributed by atoms with Crippen molar-refractivity contribution < 1.29 is 8.95 Å². The van der Waals surface area contributed by atoms with E-state index >= 15 is 0 Å². The molecule has 1 aromatic rings. The zero-order chi connectivity index (χ0) is 13.1. The zero-order valence-electron chi connectivity index (χ0n) is 11.0. The van der Waals surface area contributed by atoms with Gasteiger partial charge in [-0.05, 0) is 39.3 Å². The molecule has 0 N–H and O–H groups in total. The van der Waals surface area contributed by atoms with Crippen LogP contribution in [0.4, 0.5) is 0 Å². The lowest BCUT2D eigenvalue weighted by Gasteiger charge is -2.13. The van der Waals surface area contributed by atoms with E-state index in [-0.39, 0.29) is 4.75 Å². The number of hydrogen-bond acceptors (Lipinski definition) is 2. The molecule has 0 aliphatic carbocycles. The van der Waals surface area contributed by atoms with E-state index in [0.717, 1.165) is 16.9 Å². The van der Waals surface area contributed by atoms with Gasteiger partial charge >= 0.3 is 0 Å². The van der Waals surface area contributed by atoms with E-state index in [9.17, 15) is 4.21 Å². The predicted octanol–water partition coefficient (Wildman–Crippen LogP) is 2.88. The van der Waals surface area contributed by atoms with Gasteiger partial charge in [-0.3, -0.25) is 0 Å². The van der Waals surface area contributed by atoms with E-state index < -0.39 is 11.0 Å². The molecule has 1 aromatic carbocycles. The topological polar surface area (TPSA) is 38.7 Å². The van der Waals surface area contributed by atoms with Crippen molar-refractivity contribution in [2.75, 3.05) is 7.11 Å². The average Bonchev–Trinajstić information content (AvgIpc) is 2.26. The highest BCUT2D eigenvalue weighted by atomic mass is 32.2. The van der Waals surface area contributed by atoms with E-state index in [1.807, 2.05) is 45.9 Å². The molecule has 94 valence electrons. The van der Waals surface area contributed by atoms with Crippen molar-refractivity contribution >= 4 is 17.2 Å². The molecule has 0 saturated heterocycles. The number of benzene rings is 1. The van der Waals surface area contributed by atoms with Gasteiger partial charge in [0.1, 0.15) is 16.7 Å². The van der Waals surface area contributed by atoms with Crippen LogP contribution in [-0.4, -0.2) is 22.3 Å². The SMILES string of the molecule is COc1cccc(/C=N/[S@@](=O)C(C)(C)C)c1C. The van der Waals surface area contributed by atoms with Crippen LogP contribution in [0.25, 0.3) is 0 Å². The fourth-order valence-corrected chi connectivity index (χ4v) is 1.78. The largest absolute Gasteiger partial charge is 0.496 e. The summed E-state index contributed by atoms with van der Waals surface area (Å²) < 4.78 is 20.8. The molecule has 17 heavy (non-hydrogen) atoms. The van der Waals surface area contributed by atoms with Crippen molar-refractivity contribution in [3.63, 3.8) is 0 Å². The molecule has 0 fully saturated rings. The maximum atomic E-state index is 11.8. The first-order chi connectivity index (χ1) is 7.86. The second kappa shape index (κ2) is 5.45. The Hall–Kier alpha value is -1.16. The summed E-state index contributed by atoms with van der Waals surface area (Å²) in [6.45, 7) is 7.66. The van der Waals surface area contributed by atoms with E-state index in [1.165, 1.54) is 0 Å². The van der Waals surface area contributed by atoms with Gasteiger partial charge in [-0.2, -0.15) is 4.40 Å². The summed E-state index contributed by atoms with van der Waals surface area (Å²) in [5, 5.41) is 0. The zero-order valence-corrected chi connectivity index (χ0v) is 11.8. The molecule has 0 spiro atoms. The Morgan fingerprint density at radius 3 is 2.53 bits per heavy atom. The van der Waals surface area contributed by atoms with E-state index in [4.69, 9.17) is 4.74 Å². The van der Waals surface area contributed by atoms with Crippen molar-refractivity contribution in [1.29, 1.82) is 0 Å². The standard InChI is InChI=1S/C13H19NO2S/c1-10-11(7-6-8-12(10)16-5)9-14-17(15)13(2,3)4/h6-9H,1-5H3/b14-9+/t17-/m0/s1. The minimum absolute atomic E-state index is 0.330. The predicted molar refractivity (Wildman–Crippen MR) is 73.2 cm³/mol. The van der Waals surface area contributed by atoms with Crippen molar-refractivity contribution in [2.24, 2.45) is 4.40 Å². The molecule has 0 aromatic heterocycles. The second-order valence-corrected chi connectivity index (χ2v) is 6.70. The number of methoxy groups -OCH3 is 1. The minimum Gasteiger partial charge on any atom is -0.496 e. The molecule has 1 rings (SSSR count). The van der Waals surface area contributed by atoms with Crippen LogP contribution in [0.3, 0.4) is 0 Å². The molecule has 3 nitrogen and oxygen atoms in total. The summed E-state index contributed by atoms with van der Waals surface area (Å²) in [6.07, 6.45) is 1.65. The molecular weight excluding hydrogens is 234 g/mol. The van der Waals surface area contributed by atoms with Crippen LogP contribution in [0.2, 0.25) is 0 Å². The Labute approximate surface area is 106 Å².